The van der Waals surface area contributed by atoms with Gasteiger partial charge in [-0.3, -0.25) is 14.6 Å². The molecule has 2 heterocycles. The summed E-state index contributed by atoms with van der Waals surface area (Å²) in [6, 6.07) is 11.6. The van der Waals surface area contributed by atoms with Crippen molar-refractivity contribution in [3.8, 4) is 22.8 Å². The molecule has 0 saturated heterocycles. The summed E-state index contributed by atoms with van der Waals surface area (Å²) in [5.74, 6) is 0.606. The SMILES string of the molecule is COc1ccc(-c2cc(C(=O)NC(C(=O)NCCc3ccccn3)C(C)C)no2)c(OC)c1. The molecule has 0 aliphatic rings. The molecule has 0 saturated carbocycles. The monoisotopic (exact) mass is 452 g/mol. The summed E-state index contributed by atoms with van der Waals surface area (Å²) in [5.41, 5.74) is 1.57. The Balaban J connectivity index is 1.65. The van der Waals surface area contributed by atoms with Gasteiger partial charge in [-0.05, 0) is 30.2 Å². The molecule has 0 spiro atoms. The minimum Gasteiger partial charge on any atom is -0.497 e. The van der Waals surface area contributed by atoms with Crippen LogP contribution in [0.4, 0.5) is 0 Å². The minimum absolute atomic E-state index is 0.0646. The maximum absolute atomic E-state index is 12.8. The van der Waals surface area contributed by atoms with Gasteiger partial charge in [0.2, 0.25) is 5.91 Å². The van der Waals surface area contributed by atoms with Crippen LogP contribution in [0.2, 0.25) is 0 Å². The molecule has 0 fully saturated rings. The number of aromatic nitrogens is 2. The van der Waals surface area contributed by atoms with Crippen LogP contribution in [-0.4, -0.2) is 48.8 Å². The summed E-state index contributed by atoms with van der Waals surface area (Å²) in [6.07, 6.45) is 2.31. The van der Waals surface area contributed by atoms with E-state index in [-0.39, 0.29) is 17.5 Å². The molecule has 33 heavy (non-hydrogen) atoms. The predicted octanol–water partition coefficient (Wildman–Crippen LogP) is 2.87. The number of amides is 2. The standard InChI is InChI=1S/C24H28N4O5/c1-15(2)22(24(30)26-12-10-16-7-5-6-11-25-16)27-23(29)19-14-21(33-28-19)18-9-8-17(31-3)13-20(18)32-4/h5-9,11,13-15,22H,10,12H2,1-4H3,(H,26,30)(H,27,29). The van der Waals surface area contributed by atoms with Gasteiger partial charge in [0.1, 0.15) is 17.5 Å². The van der Waals surface area contributed by atoms with Gasteiger partial charge in [-0.25, -0.2) is 0 Å². The molecular weight excluding hydrogens is 424 g/mol. The van der Waals surface area contributed by atoms with E-state index in [2.05, 4.69) is 20.8 Å². The van der Waals surface area contributed by atoms with Gasteiger partial charge in [0.25, 0.3) is 5.91 Å². The number of nitrogens with one attached hydrogen (secondary N) is 2. The quantitative estimate of drug-likeness (QED) is 0.486. The van der Waals surface area contributed by atoms with E-state index in [1.807, 2.05) is 32.0 Å². The first-order valence-corrected chi connectivity index (χ1v) is 10.6. The summed E-state index contributed by atoms with van der Waals surface area (Å²) < 4.78 is 15.9. The Labute approximate surface area is 192 Å². The van der Waals surface area contributed by atoms with Crippen LogP contribution >= 0.6 is 0 Å². The van der Waals surface area contributed by atoms with Crippen molar-refractivity contribution in [3.05, 3.63) is 60.0 Å². The van der Waals surface area contributed by atoms with Crippen molar-refractivity contribution in [1.29, 1.82) is 0 Å². The topological polar surface area (TPSA) is 116 Å². The molecule has 0 aliphatic carbocycles. The predicted molar refractivity (Wildman–Crippen MR) is 122 cm³/mol. The van der Waals surface area contributed by atoms with Crippen molar-refractivity contribution >= 4 is 11.8 Å². The van der Waals surface area contributed by atoms with Crippen LogP contribution in [-0.2, 0) is 11.2 Å². The lowest BCUT2D eigenvalue weighted by atomic mass is 10.0. The van der Waals surface area contributed by atoms with E-state index in [4.69, 9.17) is 14.0 Å². The van der Waals surface area contributed by atoms with Gasteiger partial charge in [0, 0.05) is 37.0 Å². The van der Waals surface area contributed by atoms with Gasteiger partial charge >= 0.3 is 0 Å². The van der Waals surface area contributed by atoms with E-state index in [1.54, 1.807) is 31.5 Å². The first kappa shape index (κ1) is 23.8. The first-order valence-electron chi connectivity index (χ1n) is 10.6. The highest BCUT2D eigenvalue weighted by molar-refractivity contribution is 5.96. The number of benzene rings is 1. The maximum atomic E-state index is 12.8. The third-order valence-corrected chi connectivity index (χ3v) is 5.06. The van der Waals surface area contributed by atoms with Crippen LogP contribution in [0, 0.1) is 5.92 Å². The Kier molecular flexibility index (Phi) is 8.01. The van der Waals surface area contributed by atoms with Crippen LogP contribution in [0.15, 0.2) is 53.2 Å². The second-order valence-electron chi connectivity index (χ2n) is 7.70. The number of carbonyl (C=O) groups is 2. The second-order valence-corrected chi connectivity index (χ2v) is 7.70. The van der Waals surface area contributed by atoms with E-state index in [0.717, 1.165) is 5.69 Å². The zero-order valence-electron chi connectivity index (χ0n) is 19.1. The maximum Gasteiger partial charge on any atom is 0.274 e. The fourth-order valence-electron chi connectivity index (χ4n) is 3.23. The lowest BCUT2D eigenvalue weighted by molar-refractivity contribution is -0.123. The molecule has 0 radical (unpaired) electrons. The number of ether oxygens (including phenoxy) is 2. The Morgan fingerprint density at radius 2 is 1.91 bits per heavy atom. The highest BCUT2D eigenvalue weighted by atomic mass is 16.5. The highest BCUT2D eigenvalue weighted by Crippen LogP contribution is 2.33. The summed E-state index contributed by atoms with van der Waals surface area (Å²) in [4.78, 5) is 29.7. The lowest BCUT2D eigenvalue weighted by Crippen LogP contribution is -2.50. The van der Waals surface area contributed by atoms with Crippen LogP contribution in [0.3, 0.4) is 0 Å². The van der Waals surface area contributed by atoms with Gasteiger partial charge in [0.05, 0.1) is 19.8 Å². The van der Waals surface area contributed by atoms with Gasteiger partial charge < -0.3 is 24.6 Å². The van der Waals surface area contributed by atoms with E-state index in [0.29, 0.717) is 35.8 Å². The number of hydrogen-bond acceptors (Lipinski definition) is 7. The van der Waals surface area contributed by atoms with Crippen molar-refractivity contribution in [2.45, 2.75) is 26.3 Å². The fraction of sp³-hybridized carbons (Fsp3) is 0.333. The van der Waals surface area contributed by atoms with Crippen molar-refractivity contribution < 1.29 is 23.6 Å². The van der Waals surface area contributed by atoms with Gasteiger partial charge in [0.15, 0.2) is 11.5 Å². The van der Waals surface area contributed by atoms with E-state index in [1.165, 1.54) is 13.2 Å². The molecule has 174 valence electrons. The molecular formula is C24H28N4O5. The van der Waals surface area contributed by atoms with Crippen molar-refractivity contribution in [1.82, 2.24) is 20.8 Å². The Morgan fingerprint density at radius 1 is 1.09 bits per heavy atom. The van der Waals surface area contributed by atoms with Crippen molar-refractivity contribution in [3.63, 3.8) is 0 Å². The molecule has 0 aliphatic heterocycles. The van der Waals surface area contributed by atoms with Crippen LogP contribution in [0.5, 0.6) is 11.5 Å². The molecule has 9 nitrogen and oxygen atoms in total. The van der Waals surface area contributed by atoms with Gasteiger partial charge in [-0.2, -0.15) is 0 Å². The lowest BCUT2D eigenvalue weighted by Gasteiger charge is -2.21. The van der Waals surface area contributed by atoms with Crippen LogP contribution in [0.25, 0.3) is 11.3 Å². The normalized spacial score (nSPS) is 11.7. The fourth-order valence-corrected chi connectivity index (χ4v) is 3.23. The average Bonchev–Trinajstić information content (AvgIpc) is 3.32. The molecule has 3 rings (SSSR count). The largest absolute Gasteiger partial charge is 0.497 e. The first-order chi connectivity index (χ1) is 15.9. The Morgan fingerprint density at radius 3 is 2.58 bits per heavy atom. The number of pyridine rings is 1. The van der Waals surface area contributed by atoms with Gasteiger partial charge in [-0.1, -0.05) is 25.1 Å². The summed E-state index contributed by atoms with van der Waals surface area (Å²) in [6.45, 7) is 4.14. The van der Waals surface area contributed by atoms with Crippen LogP contribution < -0.4 is 20.1 Å². The highest BCUT2D eigenvalue weighted by Gasteiger charge is 2.26. The van der Waals surface area contributed by atoms with E-state index in [9.17, 15) is 9.59 Å². The molecule has 1 unspecified atom stereocenters. The minimum atomic E-state index is -0.725. The number of hydrogen-bond donors (Lipinski definition) is 2. The molecule has 1 atom stereocenters. The van der Waals surface area contributed by atoms with Crippen LogP contribution in [0.1, 0.15) is 30.0 Å². The number of nitrogens with zero attached hydrogens (tertiary/aromatic N) is 2. The third kappa shape index (κ3) is 6.09. The summed E-state index contributed by atoms with van der Waals surface area (Å²) >= 11 is 0. The number of methoxy groups -OCH3 is 2. The summed E-state index contributed by atoms with van der Waals surface area (Å²) in [7, 11) is 3.09. The third-order valence-electron chi connectivity index (χ3n) is 5.06. The summed E-state index contributed by atoms with van der Waals surface area (Å²) in [5, 5.41) is 9.48. The second kappa shape index (κ2) is 11.1. The molecule has 1 aromatic carbocycles. The molecule has 9 heteroatoms. The van der Waals surface area contributed by atoms with Crippen molar-refractivity contribution in [2.24, 2.45) is 5.92 Å². The Hall–Kier alpha value is -3.88. The van der Waals surface area contributed by atoms with Gasteiger partial charge in [-0.15, -0.1) is 0 Å². The van der Waals surface area contributed by atoms with E-state index < -0.39 is 11.9 Å². The molecule has 2 aromatic heterocycles. The molecule has 0 bridgehead atoms. The zero-order valence-corrected chi connectivity index (χ0v) is 19.1. The Bertz CT molecular complexity index is 1080. The van der Waals surface area contributed by atoms with E-state index >= 15 is 0 Å². The number of carbonyl (C=O) groups excluding carboxylic acids is 2. The van der Waals surface area contributed by atoms with Crippen molar-refractivity contribution in [2.75, 3.05) is 20.8 Å². The molecule has 2 N–H and O–H groups in total. The zero-order chi connectivity index (χ0) is 23.8. The smallest absolute Gasteiger partial charge is 0.274 e. The molecule has 3 aromatic rings. The average molecular weight is 453 g/mol. The number of rotatable bonds is 10. The molecule has 2 amide bonds.